The maximum absolute atomic E-state index is 13.0. The first-order valence-corrected chi connectivity index (χ1v) is 9.70. The van der Waals surface area contributed by atoms with Crippen molar-refractivity contribution in [1.82, 2.24) is 0 Å². The van der Waals surface area contributed by atoms with E-state index in [1.54, 1.807) is 30.3 Å². The van der Waals surface area contributed by atoms with Crippen LogP contribution in [0.25, 0.3) is 11.0 Å². The summed E-state index contributed by atoms with van der Waals surface area (Å²) in [5.41, 5.74) is 1.73. The van der Waals surface area contributed by atoms with Gasteiger partial charge in [-0.3, -0.25) is 0 Å². The van der Waals surface area contributed by atoms with Gasteiger partial charge < -0.3 is 9.15 Å². The number of para-hydroxylation sites is 1. The minimum Gasteiger partial charge on any atom is -0.488 e. The molecule has 31 heavy (non-hydrogen) atoms. The summed E-state index contributed by atoms with van der Waals surface area (Å²) in [5.74, 6) is 0.325. The average molecular weight is 424 g/mol. The van der Waals surface area contributed by atoms with Gasteiger partial charge in [-0.25, -0.2) is 4.79 Å². The predicted molar refractivity (Wildman–Crippen MR) is 112 cm³/mol. The lowest BCUT2D eigenvalue weighted by Gasteiger charge is -2.14. The number of benzene rings is 3. The maximum atomic E-state index is 13.0. The number of ether oxygens (including phenoxy) is 1. The van der Waals surface area contributed by atoms with Gasteiger partial charge in [0.1, 0.15) is 17.9 Å². The maximum Gasteiger partial charge on any atom is 0.416 e. The van der Waals surface area contributed by atoms with Crippen LogP contribution >= 0.6 is 0 Å². The molecule has 0 bridgehead atoms. The molecule has 0 spiro atoms. The third-order valence-corrected chi connectivity index (χ3v) is 4.96. The molecule has 0 aliphatic carbocycles. The normalized spacial score (nSPS) is 11.6. The first-order valence-electron chi connectivity index (χ1n) is 9.70. The van der Waals surface area contributed by atoms with Gasteiger partial charge in [0.05, 0.1) is 16.5 Å². The molecule has 3 nitrogen and oxygen atoms in total. The minimum atomic E-state index is -4.44. The van der Waals surface area contributed by atoms with E-state index in [-0.39, 0.29) is 13.0 Å². The fourth-order valence-electron chi connectivity index (χ4n) is 3.50. The van der Waals surface area contributed by atoms with Crippen molar-refractivity contribution in [3.63, 3.8) is 0 Å². The van der Waals surface area contributed by atoms with Crippen LogP contribution in [0.2, 0.25) is 0 Å². The average Bonchev–Trinajstić information content (AvgIpc) is 2.73. The third-order valence-electron chi connectivity index (χ3n) is 4.96. The van der Waals surface area contributed by atoms with Crippen LogP contribution in [0.5, 0.6) is 5.75 Å². The van der Waals surface area contributed by atoms with Crippen LogP contribution in [0.3, 0.4) is 0 Å². The minimum absolute atomic E-state index is 0.113. The summed E-state index contributed by atoms with van der Waals surface area (Å²) in [6, 6.07) is 19.6. The van der Waals surface area contributed by atoms with Gasteiger partial charge in [0, 0.05) is 6.42 Å². The van der Waals surface area contributed by atoms with Crippen molar-refractivity contribution < 1.29 is 22.3 Å². The van der Waals surface area contributed by atoms with Gasteiger partial charge in [0.2, 0.25) is 0 Å². The topological polar surface area (TPSA) is 39.4 Å². The van der Waals surface area contributed by atoms with Crippen molar-refractivity contribution in [2.45, 2.75) is 26.1 Å². The summed E-state index contributed by atoms with van der Waals surface area (Å²) in [7, 11) is 0. The van der Waals surface area contributed by atoms with Crippen molar-refractivity contribution in [3.8, 4) is 5.75 Å². The van der Waals surface area contributed by atoms with Gasteiger partial charge in [0.15, 0.2) is 0 Å². The van der Waals surface area contributed by atoms with Crippen LogP contribution in [-0.4, -0.2) is 0 Å². The SMILES string of the molecule is Cc1cccc(Cc2c(OCc3cccc(C(F)(F)F)c3)c3ccccc3oc2=O)c1. The molecule has 3 aromatic carbocycles. The Hall–Kier alpha value is -3.54. The fraction of sp³-hybridized carbons (Fsp3) is 0.160. The van der Waals surface area contributed by atoms with E-state index in [1.165, 1.54) is 6.07 Å². The molecular formula is C25H19F3O3. The summed E-state index contributed by atoms with van der Waals surface area (Å²) < 4.78 is 50.5. The Morgan fingerprint density at radius 3 is 2.42 bits per heavy atom. The molecule has 0 radical (unpaired) electrons. The van der Waals surface area contributed by atoms with Gasteiger partial charge in [-0.2, -0.15) is 13.2 Å². The van der Waals surface area contributed by atoms with Crippen molar-refractivity contribution in [2.75, 3.05) is 0 Å². The number of hydrogen-bond donors (Lipinski definition) is 0. The number of aryl methyl sites for hydroxylation is 1. The Morgan fingerprint density at radius 2 is 1.65 bits per heavy atom. The van der Waals surface area contributed by atoms with Crippen LogP contribution < -0.4 is 10.4 Å². The Bertz CT molecular complexity index is 1290. The van der Waals surface area contributed by atoms with Crippen molar-refractivity contribution in [3.05, 3.63) is 111 Å². The largest absolute Gasteiger partial charge is 0.488 e. The van der Waals surface area contributed by atoms with Crippen molar-refractivity contribution >= 4 is 11.0 Å². The highest BCUT2D eigenvalue weighted by Gasteiger charge is 2.30. The fourth-order valence-corrected chi connectivity index (χ4v) is 3.50. The molecule has 6 heteroatoms. The van der Waals surface area contributed by atoms with Crippen LogP contribution in [0.4, 0.5) is 13.2 Å². The van der Waals surface area contributed by atoms with E-state index in [1.807, 2.05) is 31.2 Å². The van der Waals surface area contributed by atoms with Crippen LogP contribution in [-0.2, 0) is 19.2 Å². The standard InChI is InChI=1S/C25H19F3O3/c1-16-6-4-7-17(12-16)14-21-23(20-10-2-3-11-22(20)31-24(21)29)30-15-18-8-5-9-19(13-18)25(26,27)28/h2-13H,14-15H2,1H3. The zero-order valence-electron chi connectivity index (χ0n) is 16.7. The van der Waals surface area contributed by atoms with Crippen LogP contribution in [0.1, 0.15) is 27.8 Å². The molecule has 0 aliphatic rings. The molecule has 4 aromatic rings. The Balaban J connectivity index is 1.74. The van der Waals surface area contributed by atoms with E-state index in [9.17, 15) is 18.0 Å². The van der Waals surface area contributed by atoms with E-state index in [0.29, 0.717) is 27.8 Å². The van der Waals surface area contributed by atoms with Crippen LogP contribution in [0, 0.1) is 6.92 Å². The molecule has 0 N–H and O–H groups in total. The molecule has 4 rings (SSSR count). The molecule has 0 fully saturated rings. The van der Waals surface area contributed by atoms with E-state index in [0.717, 1.165) is 23.3 Å². The first-order chi connectivity index (χ1) is 14.8. The number of rotatable bonds is 5. The molecule has 158 valence electrons. The van der Waals surface area contributed by atoms with E-state index in [4.69, 9.17) is 9.15 Å². The van der Waals surface area contributed by atoms with Gasteiger partial charge in [-0.15, -0.1) is 0 Å². The van der Waals surface area contributed by atoms with E-state index < -0.39 is 17.4 Å². The first kappa shape index (κ1) is 20.7. The lowest BCUT2D eigenvalue weighted by Crippen LogP contribution is -2.12. The molecule has 0 saturated carbocycles. The second-order valence-electron chi connectivity index (χ2n) is 7.35. The van der Waals surface area contributed by atoms with E-state index >= 15 is 0 Å². The quantitative estimate of drug-likeness (QED) is 0.354. The molecule has 0 aliphatic heterocycles. The highest BCUT2D eigenvalue weighted by molar-refractivity contribution is 5.84. The number of halogens is 3. The van der Waals surface area contributed by atoms with E-state index in [2.05, 4.69) is 0 Å². The predicted octanol–water partition coefficient (Wildman–Crippen LogP) is 6.29. The summed E-state index contributed by atoms with van der Waals surface area (Å²) >= 11 is 0. The molecule has 1 aromatic heterocycles. The second kappa shape index (κ2) is 8.30. The van der Waals surface area contributed by atoms with Crippen molar-refractivity contribution in [2.24, 2.45) is 0 Å². The molecule has 0 amide bonds. The molecule has 1 heterocycles. The summed E-state index contributed by atoms with van der Waals surface area (Å²) in [5, 5.41) is 0.594. The lowest BCUT2D eigenvalue weighted by atomic mass is 10.0. The lowest BCUT2D eigenvalue weighted by molar-refractivity contribution is -0.137. The Morgan fingerprint density at radius 1 is 0.903 bits per heavy atom. The number of hydrogen-bond acceptors (Lipinski definition) is 3. The molecule has 0 unspecified atom stereocenters. The smallest absolute Gasteiger partial charge is 0.416 e. The zero-order valence-corrected chi connectivity index (χ0v) is 16.7. The van der Waals surface area contributed by atoms with Gasteiger partial charge in [-0.05, 0) is 42.3 Å². The molecular weight excluding hydrogens is 405 g/mol. The second-order valence-corrected chi connectivity index (χ2v) is 7.35. The summed E-state index contributed by atoms with van der Waals surface area (Å²) in [4.78, 5) is 12.7. The molecule has 0 atom stereocenters. The van der Waals surface area contributed by atoms with Gasteiger partial charge in [0.25, 0.3) is 0 Å². The monoisotopic (exact) mass is 424 g/mol. The Kier molecular flexibility index (Phi) is 5.55. The van der Waals surface area contributed by atoms with Gasteiger partial charge in [-0.1, -0.05) is 54.1 Å². The third kappa shape index (κ3) is 4.63. The summed E-state index contributed by atoms with van der Waals surface area (Å²) in [6.45, 7) is 1.84. The highest BCUT2D eigenvalue weighted by Crippen LogP contribution is 2.32. The number of alkyl halides is 3. The highest BCUT2D eigenvalue weighted by atomic mass is 19.4. The number of fused-ring (bicyclic) bond motifs is 1. The van der Waals surface area contributed by atoms with Crippen molar-refractivity contribution in [1.29, 1.82) is 0 Å². The molecule has 0 saturated heterocycles. The van der Waals surface area contributed by atoms with Crippen LogP contribution in [0.15, 0.2) is 82.0 Å². The Labute approximate surface area is 176 Å². The zero-order chi connectivity index (χ0) is 22.0. The van der Waals surface area contributed by atoms with Gasteiger partial charge >= 0.3 is 11.8 Å². The summed E-state index contributed by atoms with van der Waals surface area (Å²) in [6.07, 6.45) is -4.15.